The number of rotatable bonds is 10. The number of ether oxygens (including phenoxy) is 1. The SMILES string of the molecule is CCCCN=C(N)NCCc1ccc(OCCN2CCCC2)cc1. The number of benzene rings is 1. The Morgan fingerprint density at radius 3 is 2.71 bits per heavy atom. The zero-order valence-electron chi connectivity index (χ0n) is 15.0. The molecule has 0 radical (unpaired) electrons. The van der Waals surface area contributed by atoms with Crippen LogP contribution in [0.15, 0.2) is 29.3 Å². The molecule has 24 heavy (non-hydrogen) atoms. The molecule has 2 rings (SSSR count). The lowest BCUT2D eigenvalue weighted by Crippen LogP contribution is -2.33. The molecule has 0 spiro atoms. The number of hydrogen-bond donors (Lipinski definition) is 2. The Labute approximate surface area is 146 Å². The summed E-state index contributed by atoms with van der Waals surface area (Å²) in [5.41, 5.74) is 7.10. The van der Waals surface area contributed by atoms with Crippen molar-refractivity contribution < 1.29 is 4.74 Å². The monoisotopic (exact) mass is 332 g/mol. The summed E-state index contributed by atoms with van der Waals surface area (Å²) in [6, 6.07) is 8.35. The minimum absolute atomic E-state index is 0.547. The number of unbranched alkanes of at least 4 members (excludes halogenated alkanes) is 1. The van der Waals surface area contributed by atoms with Gasteiger partial charge in [-0.05, 0) is 56.5 Å². The Bertz CT molecular complexity index is 481. The lowest BCUT2D eigenvalue weighted by molar-refractivity contribution is 0.238. The van der Waals surface area contributed by atoms with Gasteiger partial charge in [0.05, 0.1) is 0 Å². The van der Waals surface area contributed by atoms with Crippen molar-refractivity contribution >= 4 is 5.96 Å². The van der Waals surface area contributed by atoms with Crippen LogP contribution in [0, 0.1) is 0 Å². The van der Waals surface area contributed by atoms with Crippen LogP contribution in [-0.2, 0) is 6.42 Å². The van der Waals surface area contributed by atoms with E-state index in [-0.39, 0.29) is 0 Å². The van der Waals surface area contributed by atoms with E-state index in [0.29, 0.717) is 5.96 Å². The molecule has 3 N–H and O–H groups in total. The van der Waals surface area contributed by atoms with E-state index in [1.807, 2.05) is 0 Å². The first-order valence-corrected chi connectivity index (χ1v) is 9.26. The van der Waals surface area contributed by atoms with E-state index >= 15 is 0 Å². The van der Waals surface area contributed by atoms with Crippen LogP contribution in [0.5, 0.6) is 5.75 Å². The molecule has 1 aromatic rings. The van der Waals surface area contributed by atoms with Crippen LogP contribution in [0.25, 0.3) is 0 Å². The quantitative estimate of drug-likeness (QED) is 0.392. The van der Waals surface area contributed by atoms with E-state index in [2.05, 4.69) is 46.4 Å². The normalized spacial score (nSPS) is 15.6. The highest BCUT2D eigenvalue weighted by atomic mass is 16.5. The van der Waals surface area contributed by atoms with Crippen molar-refractivity contribution in [2.75, 3.05) is 39.3 Å². The number of nitrogens with one attached hydrogen (secondary N) is 1. The fourth-order valence-corrected chi connectivity index (χ4v) is 2.80. The van der Waals surface area contributed by atoms with Gasteiger partial charge in [-0.1, -0.05) is 25.5 Å². The van der Waals surface area contributed by atoms with Crippen LogP contribution < -0.4 is 15.8 Å². The predicted octanol–water partition coefficient (Wildman–Crippen LogP) is 2.41. The summed E-state index contributed by atoms with van der Waals surface area (Å²) < 4.78 is 5.82. The highest BCUT2D eigenvalue weighted by molar-refractivity contribution is 5.77. The summed E-state index contributed by atoms with van der Waals surface area (Å²) in [5.74, 6) is 1.50. The molecular weight excluding hydrogens is 300 g/mol. The molecule has 0 saturated carbocycles. The third-order valence-corrected chi connectivity index (χ3v) is 4.31. The maximum atomic E-state index is 5.82. The second-order valence-corrected chi connectivity index (χ2v) is 6.34. The molecule has 1 aliphatic heterocycles. The van der Waals surface area contributed by atoms with Crippen LogP contribution in [-0.4, -0.2) is 50.2 Å². The van der Waals surface area contributed by atoms with Gasteiger partial charge in [0.15, 0.2) is 5.96 Å². The number of guanidine groups is 1. The summed E-state index contributed by atoms with van der Waals surface area (Å²) in [6.45, 7) is 8.00. The Balaban J connectivity index is 1.61. The van der Waals surface area contributed by atoms with Crippen LogP contribution >= 0.6 is 0 Å². The predicted molar refractivity (Wildman–Crippen MR) is 101 cm³/mol. The Morgan fingerprint density at radius 2 is 2.00 bits per heavy atom. The molecule has 1 fully saturated rings. The minimum atomic E-state index is 0.547. The van der Waals surface area contributed by atoms with Crippen molar-refractivity contribution in [1.82, 2.24) is 10.2 Å². The van der Waals surface area contributed by atoms with E-state index in [4.69, 9.17) is 10.5 Å². The van der Waals surface area contributed by atoms with Gasteiger partial charge in [0.25, 0.3) is 0 Å². The van der Waals surface area contributed by atoms with Gasteiger partial charge in [-0.2, -0.15) is 0 Å². The molecule has 134 valence electrons. The fourth-order valence-electron chi connectivity index (χ4n) is 2.80. The second-order valence-electron chi connectivity index (χ2n) is 6.34. The van der Waals surface area contributed by atoms with E-state index in [9.17, 15) is 0 Å². The molecule has 0 aliphatic carbocycles. The van der Waals surface area contributed by atoms with E-state index in [1.54, 1.807) is 0 Å². The lowest BCUT2D eigenvalue weighted by atomic mass is 10.1. The Kier molecular flexibility index (Phi) is 8.46. The minimum Gasteiger partial charge on any atom is -0.492 e. The van der Waals surface area contributed by atoms with E-state index < -0.39 is 0 Å². The first kappa shape index (κ1) is 18.6. The van der Waals surface area contributed by atoms with Gasteiger partial charge in [0.2, 0.25) is 0 Å². The number of hydrogen-bond acceptors (Lipinski definition) is 3. The molecule has 0 atom stereocenters. The van der Waals surface area contributed by atoms with Gasteiger partial charge in [0.1, 0.15) is 12.4 Å². The number of likely N-dealkylation sites (tertiary alicyclic amines) is 1. The third kappa shape index (κ3) is 7.21. The van der Waals surface area contributed by atoms with E-state index in [0.717, 1.165) is 51.3 Å². The highest BCUT2D eigenvalue weighted by Crippen LogP contribution is 2.13. The summed E-state index contributed by atoms with van der Waals surface area (Å²) in [5, 5.41) is 3.16. The van der Waals surface area contributed by atoms with Gasteiger partial charge in [-0.15, -0.1) is 0 Å². The largest absolute Gasteiger partial charge is 0.492 e. The fraction of sp³-hybridized carbons (Fsp3) is 0.632. The maximum Gasteiger partial charge on any atom is 0.188 e. The zero-order chi connectivity index (χ0) is 17.0. The molecule has 0 aromatic heterocycles. The lowest BCUT2D eigenvalue weighted by Gasteiger charge is -2.15. The first-order valence-electron chi connectivity index (χ1n) is 9.26. The third-order valence-electron chi connectivity index (χ3n) is 4.31. The molecular formula is C19H32N4O. The molecule has 0 bridgehead atoms. The van der Waals surface area contributed by atoms with Gasteiger partial charge < -0.3 is 15.8 Å². The number of aliphatic imine (C=N–C) groups is 1. The molecule has 0 unspecified atom stereocenters. The van der Waals surface area contributed by atoms with Gasteiger partial charge in [-0.3, -0.25) is 9.89 Å². The van der Waals surface area contributed by atoms with Crippen LogP contribution in [0.2, 0.25) is 0 Å². The Morgan fingerprint density at radius 1 is 1.25 bits per heavy atom. The van der Waals surface area contributed by atoms with Gasteiger partial charge in [-0.25, -0.2) is 0 Å². The van der Waals surface area contributed by atoms with Gasteiger partial charge in [0, 0.05) is 19.6 Å². The number of nitrogens with two attached hydrogens (primary N) is 1. The molecule has 5 heteroatoms. The molecule has 0 amide bonds. The van der Waals surface area contributed by atoms with E-state index in [1.165, 1.54) is 31.5 Å². The molecule has 1 heterocycles. The van der Waals surface area contributed by atoms with Crippen molar-refractivity contribution in [3.8, 4) is 5.75 Å². The van der Waals surface area contributed by atoms with Crippen LogP contribution in [0.4, 0.5) is 0 Å². The van der Waals surface area contributed by atoms with Gasteiger partial charge >= 0.3 is 0 Å². The topological polar surface area (TPSA) is 62.9 Å². The van der Waals surface area contributed by atoms with Crippen LogP contribution in [0.1, 0.15) is 38.2 Å². The highest BCUT2D eigenvalue weighted by Gasteiger charge is 2.10. The standard InChI is InChI=1S/C19H32N4O/c1-2-3-11-21-19(20)22-12-10-17-6-8-18(9-7-17)24-16-15-23-13-4-5-14-23/h6-9H,2-5,10-16H2,1H3,(H3,20,21,22). The molecule has 1 aliphatic rings. The number of nitrogens with zero attached hydrogens (tertiary/aromatic N) is 2. The molecule has 1 saturated heterocycles. The smallest absolute Gasteiger partial charge is 0.188 e. The second kappa shape index (κ2) is 10.9. The molecule has 5 nitrogen and oxygen atoms in total. The average molecular weight is 332 g/mol. The summed E-state index contributed by atoms with van der Waals surface area (Å²) in [4.78, 5) is 6.75. The summed E-state index contributed by atoms with van der Waals surface area (Å²) >= 11 is 0. The van der Waals surface area contributed by atoms with Crippen molar-refractivity contribution in [3.05, 3.63) is 29.8 Å². The van der Waals surface area contributed by atoms with Crippen molar-refractivity contribution in [1.29, 1.82) is 0 Å². The van der Waals surface area contributed by atoms with Crippen LogP contribution in [0.3, 0.4) is 0 Å². The summed E-state index contributed by atoms with van der Waals surface area (Å²) in [6.07, 6.45) is 5.82. The zero-order valence-corrected chi connectivity index (χ0v) is 15.0. The van der Waals surface area contributed by atoms with Crippen molar-refractivity contribution in [2.24, 2.45) is 10.7 Å². The first-order chi connectivity index (χ1) is 11.8. The maximum absolute atomic E-state index is 5.82. The van der Waals surface area contributed by atoms with Crippen molar-refractivity contribution in [2.45, 2.75) is 39.0 Å². The molecule has 1 aromatic carbocycles. The average Bonchev–Trinajstić information content (AvgIpc) is 3.10. The van der Waals surface area contributed by atoms with Crippen molar-refractivity contribution in [3.63, 3.8) is 0 Å². The summed E-state index contributed by atoms with van der Waals surface area (Å²) in [7, 11) is 0. The Hall–Kier alpha value is -1.75.